The van der Waals surface area contributed by atoms with Crippen LogP contribution in [0, 0.1) is 27.7 Å². The van der Waals surface area contributed by atoms with Crippen molar-refractivity contribution in [1.82, 2.24) is 0 Å². The summed E-state index contributed by atoms with van der Waals surface area (Å²) in [6, 6.07) is 7.98. The Morgan fingerprint density at radius 2 is 1.42 bits per heavy atom. The molecule has 3 rings (SSSR count). The highest BCUT2D eigenvalue weighted by atomic mass is 16.3. The Kier molecular flexibility index (Phi) is 4.40. The van der Waals surface area contributed by atoms with E-state index in [1.807, 2.05) is 26.0 Å². The van der Waals surface area contributed by atoms with Crippen molar-refractivity contribution in [2.45, 2.75) is 52.9 Å². The molecule has 0 bridgehead atoms. The van der Waals surface area contributed by atoms with Crippen molar-refractivity contribution in [1.29, 1.82) is 0 Å². The Morgan fingerprint density at radius 3 is 2.12 bits per heavy atom. The van der Waals surface area contributed by atoms with Gasteiger partial charge in [-0.25, -0.2) is 0 Å². The van der Waals surface area contributed by atoms with Crippen LogP contribution in [0.3, 0.4) is 0 Å². The molecule has 0 amide bonds. The molecule has 0 saturated heterocycles. The quantitative estimate of drug-likeness (QED) is 0.746. The molecular formula is C22H26O2. The van der Waals surface area contributed by atoms with E-state index in [-0.39, 0.29) is 0 Å². The van der Waals surface area contributed by atoms with Crippen molar-refractivity contribution >= 4 is 5.57 Å². The molecule has 2 nitrogen and oxygen atoms in total. The van der Waals surface area contributed by atoms with Crippen LogP contribution in [0.25, 0.3) is 5.57 Å². The van der Waals surface area contributed by atoms with Gasteiger partial charge in [0.1, 0.15) is 11.5 Å². The van der Waals surface area contributed by atoms with E-state index in [4.69, 9.17) is 0 Å². The van der Waals surface area contributed by atoms with Gasteiger partial charge in [-0.3, -0.25) is 0 Å². The first-order chi connectivity index (χ1) is 11.4. The highest BCUT2D eigenvalue weighted by molar-refractivity contribution is 5.71. The topological polar surface area (TPSA) is 40.5 Å². The molecular weight excluding hydrogens is 296 g/mol. The average molecular weight is 322 g/mol. The fourth-order valence-corrected chi connectivity index (χ4v) is 3.76. The van der Waals surface area contributed by atoms with Crippen molar-refractivity contribution in [3.05, 3.63) is 63.7 Å². The van der Waals surface area contributed by atoms with E-state index in [9.17, 15) is 10.2 Å². The first kappa shape index (κ1) is 16.6. The number of phenolic OH excluding ortho intramolecular Hbond substituents is 2. The van der Waals surface area contributed by atoms with Gasteiger partial charge in [0.15, 0.2) is 0 Å². The van der Waals surface area contributed by atoms with E-state index in [1.165, 1.54) is 16.7 Å². The predicted octanol–water partition coefficient (Wildman–Crippen LogP) is 5.68. The number of hydrogen-bond donors (Lipinski definition) is 2. The van der Waals surface area contributed by atoms with Gasteiger partial charge in [-0.05, 0) is 104 Å². The second-order valence-corrected chi connectivity index (χ2v) is 7.14. The van der Waals surface area contributed by atoms with Crippen molar-refractivity contribution in [3.8, 4) is 11.5 Å². The number of rotatable bonds is 2. The summed E-state index contributed by atoms with van der Waals surface area (Å²) >= 11 is 0. The predicted molar refractivity (Wildman–Crippen MR) is 99.7 cm³/mol. The molecule has 1 aliphatic carbocycles. The normalized spacial score (nSPS) is 17.7. The molecule has 0 fully saturated rings. The van der Waals surface area contributed by atoms with Gasteiger partial charge in [-0.2, -0.15) is 0 Å². The third-order valence-corrected chi connectivity index (χ3v) is 5.24. The third kappa shape index (κ3) is 3.06. The van der Waals surface area contributed by atoms with Crippen LogP contribution in [-0.4, -0.2) is 10.2 Å². The van der Waals surface area contributed by atoms with Crippen LogP contribution in [0.2, 0.25) is 0 Å². The zero-order chi connectivity index (χ0) is 17.4. The number of aromatic hydroxyl groups is 2. The van der Waals surface area contributed by atoms with E-state index in [0.29, 0.717) is 17.4 Å². The molecule has 2 N–H and O–H groups in total. The Bertz CT molecular complexity index is 815. The maximum absolute atomic E-state index is 9.91. The first-order valence-corrected chi connectivity index (χ1v) is 8.68. The van der Waals surface area contributed by atoms with E-state index in [1.54, 1.807) is 0 Å². The van der Waals surface area contributed by atoms with Crippen LogP contribution in [0.15, 0.2) is 30.3 Å². The largest absolute Gasteiger partial charge is 0.508 e. The SMILES string of the molecule is Cc1cc(C2=CC(c3cc(C)c(O)cc3C)CCC2)c(C)cc1O. The summed E-state index contributed by atoms with van der Waals surface area (Å²) in [7, 11) is 0. The minimum atomic E-state index is 0.370. The molecule has 24 heavy (non-hydrogen) atoms. The van der Waals surface area contributed by atoms with Crippen LogP contribution in [0.5, 0.6) is 11.5 Å². The lowest BCUT2D eigenvalue weighted by atomic mass is 9.80. The maximum atomic E-state index is 9.91. The summed E-state index contributed by atoms with van der Waals surface area (Å²) < 4.78 is 0. The standard InChI is InChI=1S/C22H26O2/c1-13-10-21(23)15(3)8-19(13)17-6-5-7-18(12-17)20-9-16(4)22(24)11-14(20)2/h8-12,17,23-24H,5-7H2,1-4H3. The highest BCUT2D eigenvalue weighted by Gasteiger charge is 2.20. The van der Waals surface area contributed by atoms with E-state index >= 15 is 0 Å². The molecule has 0 spiro atoms. The van der Waals surface area contributed by atoms with E-state index < -0.39 is 0 Å². The van der Waals surface area contributed by atoms with Crippen LogP contribution < -0.4 is 0 Å². The molecule has 0 aromatic heterocycles. The van der Waals surface area contributed by atoms with Crippen molar-refractivity contribution in [3.63, 3.8) is 0 Å². The van der Waals surface area contributed by atoms with Gasteiger partial charge in [0.25, 0.3) is 0 Å². The smallest absolute Gasteiger partial charge is 0.118 e. The van der Waals surface area contributed by atoms with E-state index in [0.717, 1.165) is 41.5 Å². The summed E-state index contributed by atoms with van der Waals surface area (Å²) in [4.78, 5) is 0. The fourth-order valence-electron chi connectivity index (χ4n) is 3.76. The first-order valence-electron chi connectivity index (χ1n) is 8.68. The van der Waals surface area contributed by atoms with Gasteiger partial charge in [0, 0.05) is 5.92 Å². The summed E-state index contributed by atoms with van der Waals surface area (Å²) in [5, 5.41) is 19.8. The number of aryl methyl sites for hydroxylation is 4. The molecule has 2 aromatic carbocycles. The third-order valence-electron chi connectivity index (χ3n) is 5.24. The lowest BCUT2D eigenvalue weighted by Crippen LogP contribution is -2.06. The second kappa shape index (κ2) is 6.35. The molecule has 126 valence electrons. The molecule has 0 aliphatic heterocycles. The molecule has 2 aromatic rings. The summed E-state index contributed by atoms with van der Waals surface area (Å²) in [5.41, 5.74) is 8.08. The Labute approximate surface area is 144 Å². The Balaban J connectivity index is 2.03. The summed E-state index contributed by atoms with van der Waals surface area (Å²) in [5.74, 6) is 1.14. The Hall–Kier alpha value is -2.22. The van der Waals surface area contributed by atoms with Crippen molar-refractivity contribution in [2.75, 3.05) is 0 Å². The monoisotopic (exact) mass is 322 g/mol. The minimum absolute atomic E-state index is 0.370. The maximum Gasteiger partial charge on any atom is 0.118 e. The summed E-state index contributed by atoms with van der Waals surface area (Å²) in [6.45, 7) is 8.05. The van der Waals surface area contributed by atoms with Crippen LogP contribution in [0.1, 0.15) is 58.6 Å². The van der Waals surface area contributed by atoms with Gasteiger partial charge in [0.05, 0.1) is 0 Å². The van der Waals surface area contributed by atoms with Crippen LogP contribution in [0.4, 0.5) is 0 Å². The number of phenols is 2. The zero-order valence-electron chi connectivity index (χ0n) is 15.0. The minimum Gasteiger partial charge on any atom is -0.508 e. The molecule has 1 atom stereocenters. The lowest BCUT2D eigenvalue weighted by Gasteiger charge is -2.25. The summed E-state index contributed by atoms with van der Waals surface area (Å²) in [6.07, 6.45) is 5.78. The fraction of sp³-hybridized carbons (Fsp3) is 0.364. The van der Waals surface area contributed by atoms with Gasteiger partial charge < -0.3 is 10.2 Å². The highest BCUT2D eigenvalue weighted by Crippen LogP contribution is 2.39. The van der Waals surface area contributed by atoms with Crippen molar-refractivity contribution < 1.29 is 10.2 Å². The van der Waals surface area contributed by atoms with Gasteiger partial charge in [-0.1, -0.05) is 12.1 Å². The van der Waals surface area contributed by atoms with Gasteiger partial charge >= 0.3 is 0 Å². The van der Waals surface area contributed by atoms with Crippen LogP contribution >= 0.6 is 0 Å². The number of hydrogen-bond acceptors (Lipinski definition) is 2. The Morgan fingerprint density at radius 1 is 0.792 bits per heavy atom. The molecule has 1 aliphatic rings. The number of benzene rings is 2. The molecule has 0 heterocycles. The van der Waals surface area contributed by atoms with Gasteiger partial charge in [-0.15, -0.1) is 0 Å². The lowest BCUT2D eigenvalue weighted by molar-refractivity contribution is 0.470. The molecule has 1 unspecified atom stereocenters. The zero-order valence-corrected chi connectivity index (χ0v) is 15.0. The van der Waals surface area contributed by atoms with Crippen LogP contribution in [-0.2, 0) is 0 Å². The number of allylic oxidation sites excluding steroid dienone is 2. The average Bonchev–Trinajstić information content (AvgIpc) is 2.54. The molecule has 2 heteroatoms. The molecule has 0 saturated carbocycles. The second-order valence-electron chi connectivity index (χ2n) is 7.14. The van der Waals surface area contributed by atoms with Gasteiger partial charge in [0.2, 0.25) is 0 Å². The molecule has 0 radical (unpaired) electrons. The van der Waals surface area contributed by atoms with Crippen molar-refractivity contribution in [2.24, 2.45) is 0 Å². The van der Waals surface area contributed by atoms with E-state index in [2.05, 4.69) is 32.1 Å².